The zero-order chi connectivity index (χ0) is 31.4. The monoisotopic (exact) mass is 635 g/mol. The Hall–Kier alpha value is -3.27. The number of aliphatic hydroxyl groups excluding tert-OH is 1. The Balaban J connectivity index is 1.47. The van der Waals surface area contributed by atoms with Crippen molar-refractivity contribution >= 4 is 52.5 Å². The van der Waals surface area contributed by atoms with Gasteiger partial charge >= 0.3 is 0 Å². The number of ether oxygens (including phenoxy) is 1. The van der Waals surface area contributed by atoms with E-state index in [0.717, 1.165) is 5.56 Å². The number of hydrogen-bond donors (Lipinski definition) is 1. The van der Waals surface area contributed by atoms with E-state index in [-0.39, 0.29) is 30.9 Å². The van der Waals surface area contributed by atoms with Crippen molar-refractivity contribution in [3.05, 3.63) is 77.4 Å². The number of likely N-dealkylation sites (tertiary alicyclic amines) is 1. The van der Waals surface area contributed by atoms with E-state index in [2.05, 4.69) is 0 Å². The average molecular weight is 636 g/mol. The zero-order valence-corrected chi connectivity index (χ0v) is 27.0. The second-order valence-corrected chi connectivity index (χ2v) is 14.2. The molecule has 2 fully saturated rings. The highest BCUT2D eigenvalue weighted by Gasteiger charge is 2.74. The van der Waals surface area contributed by atoms with Crippen molar-refractivity contribution < 1.29 is 24.2 Å². The van der Waals surface area contributed by atoms with Crippen LogP contribution in [0, 0.1) is 18.8 Å². The van der Waals surface area contributed by atoms with E-state index in [1.807, 2.05) is 88.4 Å². The Kier molecular flexibility index (Phi) is 8.09. The molecule has 8 nitrogen and oxygen atoms in total. The van der Waals surface area contributed by atoms with Crippen LogP contribution in [0.1, 0.15) is 32.8 Å². The summed E-state index contributed by atoms with van der Waals surface area (Å²) in [6.07, 6.45) is 8.41. The summed E-state index contributed by atoms with van der Waals surface area (Å²) in [6, 6.07) is 11.4. The van der Waals surface area contributed by atoms with Gasteiger partial charge in [-0.25, -0.2) is 0 Å². The number of carbonyl (C=O) groups excluding carboxylic acids is 3. The molecule has 232 valence electrons. The number of aliphatic hydroxyl groups is 1. The summed E-state index contributed by atoms with van der Waals surface area (Å²) in [7, 11) is 0. The number of amides is 3. The number of para-hydroxylation sites is 1. The van der Waals surface area contributed by atoms with E-state index in [1.165, 1.54) is 11.8 Å². The van der Waals surface area contributed by atoms with Gasteiger partial charge in [0.1, 0.15) is 11.8 Å². The molecule has 0 saturated carbocycles. The molecule has 1 unspecified atom stereocenters. The number of aryl methyl sites for hydroxylation is 1. The molecule has 10 heteroatoms. The van der Waals surface area contributed by atoms with Crippen LogP contribution in [0.3, 0.4) is 0 Å². The Labute approximate surface area is 267 Å². The minimum atomic E-state index is -1.03. The molecule has 1 spiro atoms. The molecule has 2 saturated heterocycles. The molecule has 4 aliphatic rings. The number of fused-ring (bicyclic) bond motifs is 2. The van der Waals surface area contributed by atoms with Crippen molar-refractivity contribution in [2.24, 2.45) is 11.8 Å². The fourth-order valence-electron chi connectivity index (χ4n) is 7.55. The SMILES string of the molecule is CCOc1ccc(N2CC=C[C@]3(C)S[C@]45C=CCN(c6c(C)cccc6Cl)C(=O)C4N([C@@H](CC)CO)C(=O)[C@@H]5[C@@H]3C2=O)cc1. The fourth-order valence-corrected chi connectivity index (χ4v) is 10.0. The smallest absolute Gasteiger partial charge is 0.251 e. The normalized spacial score (nSPS) is 30.2. The van der Waals surface area contributed by atoms with E-state index in [4.69, 9.17) is 16.3 Å². The molecule has 2 aromatic carbocycles. The van der Waals surface area contributed by atoms with Crippen molar-refractivity contribution in [3.63, 3.8) is 0 Å². The van der Waals surface area contributed by atoms with E-state index >= 15 is 0 Å². The maximum atomic E-state index is 14.8. The number of anilines is 2. The van der Waals surface area contributed by atoms with Gasteiger partial charge in [0.2, 0.25) is 11.8 Å². The highest BCUT2D eigenvalue weighted by molar-refractivity contribution is 8.02. The molecule has 6 rings (SSSR count). The second-order valence-electron chi connectivity index (χ2n) is 12.0. The van der Waals surface area contributed by atoms with Crippen LogP contribution in [0.2, 0.25) is 5.02 Å². The Bertz CT molecular complexity index is 1520. The highest BCUT2D eigenvalue weighted by Crippen LogP contribution is 2.66. The molecule has 3 amide bonds. The molecule has 0 bridgehead atoms. The van der Waals surface area contributed by atoms with Crippen LogP contribution in [-0.4, -0.2) is 75.6 Å². The van der Waals surface area contributed by atoms with Gasteiger partial charge in [0, 0.05) is 23.5 Å². The Morgan fingerprint density at radius 3 is 2.34 bits per heavy atom. The lowest BCUT2D eigenvalue weighted by Gasteiger charge is -2.39. The van der Waals surface area contributed by atoms with Crippen LogP contribution in [0.5, 0.6) is 5.75 Å². The molecule has 6 atom stereocenters. The number of halogens is 1. The number of carbonyl (C=O) groups is 3. The van der Waals surface area contributed by atoms with Gasteiger partial charge in [-0.05, 0) is 63.1 Å². The Morgan fingerprint density at radius 1 is 0.977 bits per heavy atom. The minimum Gasteiger partial charge on any atom is -0.494 e. The second kappa shape index (κ2) is 11.6. The summed E-state index contributed by atoms with van der Waals surface area (Å²) in [4.78, 5) is 49.1. The number of hydrogen-bond acceptors (Lipinski definition) is 6. The first kappa shape index (κ1) is 30.7. The van der Waals surface area contributed by atoms with Gasteiger partial charge in [-0.3, -0.25) is 14.4 Å². The number of thioether (sulfide) groups is 1. The molecule has 44 heavy (non-hydrogen) atoms. The summed E-state index contributed by atoms with van der Waals surface area (Å²) in [5.41, 5.74) is 2.17. The largest absolute Gasteiger partial charge is 0.494 e. The molecular formula is C34H38ClN3O5S. The predicted octanol–water partition coefficient (Wildman–Crippen LogP) is 5.01. The van der Waals surface area contributed by atoms with Gasteiger partial charge in [0.15, 0.2) is 0 Å². The van der Waals surface area contributed by atoms with Gasteiger partial charge in [-0.2, -0.15) is 0 Å². The van der Waals surface area contributed by atoms with Crippen LogP contribution in [-0.2, 0) is 14.4 Å². The van der Waals surface area contributed by atoms with Crippen molar-refractivity contribution in [2.75, 3.05) is 36.1 Å². The van der Waals surface area contributed by atoms with Crippen molar-refractivity contribution in [2.45, 2.75) is 55.7 Å². The molecule has 2 aromatic rings. The average Bonchev–Trinajstić information content (AvgIpc) is 3.27. The summed E-state index contributed by atoms with van der Waals surface area (Å²) < 4.78 is 3.83. The minimum absolute atomic E-state index is 0.161. The molecule has 4 aliphatic heterocycles. The van der Waals surface area contributed by atoms with Gasteiger partial charge in [0.25, 0.3) is 5.91 Å². The van der Waals surface area contributed by atoms with Crippen LogP contribution < -0.4 is 14.5 Å². The Morgan fingerprint density at radius 2 is 1.68 bits per heavy atom. The van der Waals surface area contributed by atoms with E-state index in [0.29, 0.717) is 41.7 Å². The van der Waals surface area contributed by atoms with Crippen LogP contribution in [0.25, 0.3) is 0 Å². The third kappa shape index (κ3) is 4.58. The third-order valence-electron chi connectivity index (χ3n) is 9.49. The molecule has 0 aliphatic carbocycles. The summed E-state index contributed by atoms with van der Waals surface area (Å²) in [5.74, 6) is -1.53. The highest BCUT2D eigenvalue weighted by atomic mass is 35.5. The molecule has 0 radical (unpaired) electrons. The predicted molar refractivity (Wildman–Crippen MR) is 174 cm³/mol. The lowest BCUT2D eigenvalue weighted by molar-refractivity contribution is -0.142. The number of benzene rings is 2. The molecule has 0 aromatic heterocycles. The van der Waals surface area contributed by atoms with Crippen LogP contribution in [0.15, 0.2) is 66.8 Å². The van der Waals surface area contributed by atoms with Crippen LogP contribution in [0.4, 0.5) is 11.4 Å². The van der Waals surface area contributed by atoms with E-state index < -0.39 is 33.4 Å². The maximum Gasteiger partial charge on any atom is 0.251 e. The standard InChI is InChI=1S/C34H38ClN3O5S/c1-5-22(20-39)38-29-32(42)37(28-21(3)10-7-11-25(28)35)19-9-17-34(29)27(31(38)41)26-30(40)36(18-8-16-33(26,4)44-34)23-12-14-24(15-13-23)43-6-2/h7-17,22,26-27,29,39H,5-6,18-20H2,1-4H3/t22-,26+,27-,29?,33-,34-/m0/s1. The van der Waals surface area contributed by atoms with Crippen molar-refractivity contribution in [3.8, 4) is 5.75 Å². The zero-order valence-electron chi connectivity index (χ0n) is 25.4. The first-order chi connectivity index (χ1) is 21.1. The third-order valence-corrected chi connectivity index (χ3v) is 11.6. The van der Waals surface area contributed by atoms with Gasteiger partial charge < -0.3 is 24.5 Å². The first-order valence-electron chi connectivity index (χ1n) is 15.2. The van der Waals surface area contributed by atoms with Crippen molar-refractivity contribution in [1.29, 1.82) is 0 Å². The van der Waals surface area contributed by atoms with Crippen LogP contribution >= 0.6 is 23.4 Å². The quantitative estimate of drug-likeness (QED) is 0.430. The fraction of sp³-hybridized carbons (Fsp3) is 0.441. The van der Waals surface area contributed by atoms with Gasteiger partial charge in [-0.15, -0.1) is 11.8 Å². The number of nitrogens with zero attached hydrogens (tertiary/aromatic N) is 3. The van der Waals surface area contributed by atoms with Crippen molar-refractivity contribution in [1.82, 2.24) is 4.90 Å². The summed E-state index contributed by atoms with van der Waals surface area (Å²) in [5, 5.41) is 10.9. The lowest BCUT2D eigenvalue weighted by Crippen LogP contribution is -2.57. The van der Waals surface area contributed by atoms with Gasteiger partial charge in [0.05, 0.1) is 46.5 Å². The summed E-state index contributed by atoms with van der Waals surface area (Å²) >= 11 is 8.19. The van der Waals surface area contributed by atoms with Gasteiger partial charge in [-0.1, -0.05) is 55.0 Å². The molecular weight excluding hydrogens is 598 g/mol. The first-order valence-corrected chi connectivity index (χ1v) is 16.4. The topological polar surface area (TPSA) is 90.4 Å². The van der Waals surface area contributed by atoms with E-state index in [9.17, 15) is 19.5 Å². The van der Waals surface area contributed by atoms with E-state index in [1.54, 1.807) is 20.8 Å². The number of rotatable bonds is 7. The lowest BCUT2D eigenvalue weighted by atomic mass is 9.74. The molecule has 1 N–H and O–H groups in total. The maximum absolute atomic E-state index is 14.8. The summed E-state index contributed by atoms with van der Waals surface area (Å²) in [6.45, 7) is 8.61. The molecule has 4 heterocycles.